The molecular formula is C12H12ClN3O2. The Kier molecular flexibility index (Phi) is 3.84. The van der Waals surface area contributed by atoms with Crippen LogP contribution in [0, 0.1) is 0 Å². The van der Waals surface area contributed by atoms with E-state index in [0.717, 1.165) is 0 Å². The van der Waals surface area contributed by atoms with Gasteiger partial charge in [-0.05, 0) is 30.3 Å². The summed E-state index contributed by atoms with van der Waals surface area (Å²) in [5.41, 5.74) is 0.359. The van der Waals surface area contributed by atoms with Crippen molar-refractivity contribution in [2.24, 2.45) is 0 Å². The number of rotatable bonds is 4. The Morgan fingerprint density at radius 1 is 1.39 bits per heavy atom. The predicted octanol–water partition coefficient (Wildman–Crippen LogP) is 1.93. The summed E-state index contributed by atoms with van der Waals surface area (Å²) in [4.78, 5) is 11.3. The maximum Gasteiger partial charge on any atom is 0.271 e. The van der Waals surface area contributed by atoms with Crippen LogP contribution in [0.3, 0.4) is 0 Å². The van der Waals surface area contributed by atoms with E-state index in [1.807, 2.05) is 0 Å². The van der Waals surface area contributed by atoms with Crippen LogP contribution in [0.15, 0.2) is 36.5 Å². The molecule has 94 valence electrons. The van der Waals surface area contributed by atoms with Crippen molar-refractivity contribution in [3.63, 3.8) is 0 Å². The second-order valence-electron chi connectivity index (χ2n) is 3.55. The Morgan fingerprint density at radius 2 is 2.11 bits per heavy atom. The van der Waals surface area contributed by atoms with Crippen molar-refractivity contribution in [3.8, 4) is 5.75 Å². The van der Waals surface area contributed by atoms with Gasteiger partial charge in [0.05, 0.1) is 0 Å². The highest BCUT2D eigenvalue weighted by Crippen LogP contribution is 2.15. The van der Waals surface area contributed by atoms with E-state index in [0.29, 0.717) is 16.5 Å². The van der Waals surface area contributed by atoms with Crippen LogP contribution in [0.5, 0.6) is 5.75 Å². The second kappa shape index (κ2) is 5.55. The molecule has 0 bridgehead atoms. The zero-order valence-electron chi connectivity index (χ0n) is 9.76. The van der Waals surface area contributed by atoms with Crippen LogP contribution < -0.4 is 10.1 Å². The number of ether oxygens (including phenoxy) is 1. The van der Waals surface area contributed by atoms with Gasteiger partial charge in [0.25, 0.3) is 5.91 Å². The number of benzene rings is 1. The van der Waals surface area contributed by atoms with Crippen LogP contribution in [0.4, 0.5) is 0 Å². The molecule has 0 aliphatic carbocycles. The van der Waals surface area contributed by atoms with E-state index in [1.54, 1.807) is 48.3 Å². The third-order valence-electron chi connectivity index (χ3n) is 2.28. The van der Waals surface area contributed by atoms with E-state index in [9.17, 15) is 4.79 Å². The first-order valence-corrected chi connectivity index (χ1v) is 5.71. The van der Waals surface area contributed by atoms with Crippen molar-refractivity contribution >= 4 is 17.5 Å². The minimum absolute atomic E-state index is 0.222. The van der Waals surface area contributed by atoms with E-state index in [2.05, 4.69) is 10.4 Å². The molecule has 5 nitrogen and oxygen atoms in total. The van der Waals surface area contributed by atoms with Gasteiger partial charge in [-0.2, -0.15) is 5.10 Å². The van der Waals surface area contributed by atoms with Gasteiger partial charge in [-0.25, -0.2) is 4.68 Å². The third kappa shape index (κ3) is 3.01. The summed E-state index contributed by atoms with van der Waals surface area (Å²) in [6.45, 7) is 0.235. The maximum absolute atomic E-state index is 11.3. The van der Waals surface area contributed by atoms with Crippen molar-refractivity contribution in [1.82, 2.24) is 15.1 Å². The molecule has 0 unspecified atom stereocenters. The molecular weight excluding hydrogens is 254 g/mol. The predicted molar refractivity (Wildman–Crippen MR) is 67.7 cm³/mol. The Bertz CT molecular complexity index is 537. The number of hydrogen-bond donors (Lipinski definition) is 1. The standard InChI is InChI=1S/C12H12ClN3O2/c1-14-12(17)11-6-7-16(15-11)8-18-10-4-2-9(13)3-5-10/h2-7H,8H2,1H3,(H,14,17). The van der Waals surface area contributed by atoms with Gasteiger partial charge in [-0.3, -0.25) is 4.79 Å². The first-order valence-electron chi connectivity index (χ1n) is 5.33. The van der Waals surface area contributed by atoms with Crippen molar-refractivity contribution in [3.05, 3.63) is 47.2 Å². The van der Waals surface area contributed by atoms with Gasteiger partial charge < -0.3 is 10.1 Å². The van der Waals surface area contributed by atoms with Crippen molar-refractivity contribution in [2.75, 3.05) is 7.05 Å². The molecule has 1 aromatic carbocycles. The van der Waals surface area contributed by atoms with Gasteiger partial charge in [0.1, 0.15) is 11.4 Å². The molecule has 0 spiro atoms. The van der Waals surface area contributed by atoms with Crippen molar-refractivity contribution in [1.29, 1.82) is 0 Å². The van der Waals surface area contributed by atoms with Gasteiger partial charge in [-0.1, -0.05) is 11.6 Å². The number of carbonyl (C=O) groups is 1. The molecule has 0 saturated heterocycles. The van der Waals surface area contributed by atoms with Gasteiger partial charge in [0.2, 0.25) is 0 Å². The summed E-state index contributed by atoms with van der Waals surface area (Å²) < 4.78 is 7.02. The molecule has 18 heavy (non-hydrogen) atoms. The molecule has 0 fully saturated rings. The largest absolute Gasteiger partial charge is 0.471 e. The molecule has 2 rings (SSSR count). The number of hydrogen-bond acceptors (Lipinski definition) is 3. The lowest BCUT2D eigenvalue weighted by molar-refractivity contribution is 0.0956. The minimum Gasteiger partial charge on any atom is -0.471 e. The average Bonchev–Trinajstić information content (AvgIpc) is 2.86. The third-order valence-corrected chi connectivity index (χ3v) is 2.53. The lowest BCUT2D eigenvalue weighted by Gasteiger charge is -2.05. The summed E-state index contributed by atoms with van der Waals surface area (Å²) in [5.74, 6) is 0.469. The summed E-state index contributed by atoms with van der Waals surface area (Å²) in [6, 6.07) is 8.66. The topological polar surface area (TPSA) is 56.2 Å². The number of nitrogens with zero attached hydrogens (tertiary/aromatic N) is 2. The highest BCUT2D eigenvalue weighted by atomic mass is 35.5. The molecule has 0 atom stereocenters. The van der Waals surface area contributed by atoms with Crippen LogP contribution in [0.1, 0.15) is 10.5 Å². The fourth-order valence-electron chi connectivity index (χ4n) is 1.35. The molecule has 0 saturated carbocycles. The minimum atomic E-state index is -0.222. The highest BCUT2D eigenvalue weighted by Gasteiger charge is 2.06. The van der Waals surface area contributed by atoms with E-state index in [4.69, 9.17) is 16.3 Å². The SMILES string of the molecule is CNC(=O)c1ccn(COc2ccc(Cl)cc2)n1. The van der Waals surface area contributed by atoms with Crippen LogP contribution in [-0.2, 0) is 6.73 Å². The highest BCUT2D eigenvalue weighted by molar-refractivity contribution is 6.30. The van der Waals surface area contributed by atoms with Crippen LogP contribution in [0.2, 0.25) is 5.02 Å². The molecule has 0 radical (unpaired) electrons. The molecule has 1 N–H and O–H groups in total. The van der Waals surface area contributed by atoms with Gasteiger partial charge in [0, 0.05) is 18.3 Å². The van der Waals surface area contributed by atoms with Crippen LogP contribution in [0.25, 0.3) is 0 Å². The zero-order chi connectivity index (χ0) is 13.0. The van der Waals surface area contributed by atoms with E-state index in [-0.39, 0.29) is 12.6 Å². The van der Waals surface area contributed by atoms with Crippen molar-refractivity contribution < 1.29 is 9.53 Å². The lowest BCUT2D eigenvalue weighted by atomic mass is 10.3. The lowest BCUT2D eigenvalue weighted by Crippen LogP contribution is -2.19. The molecule has 6 heteroatoms. The summed E-state index contributed by atoms with van der Waals surface area (Å²) in [7, 11) is 1.56. The molecule has 0 aliphatic rings. The van der Waals surface area contributed by atoms with Crippen LogP contribution >= 0.6 is 11.6 Å². The Balaban J connectivity index is 1.96. The second-order valence-corrected chi connectivity index (χ2v) is 3.98. The smallest absolute Gasteiger partial charge is 0.271 e. The number of amides is 1. The fourth-order valence-corrected chi connectivity index (χ4v) is 1.48. The molecule has 1 amide bonds. The van der Waals surface area contributed by atoms with E-state index in [1.165, 1.54) is 0 Å². The summed E-state index contributed by atoms with van der Waals surface area (Å²) in [5, 5.41) is 7.23. The van der Waals surface area contributed by atoms with Gasteiger partial charge in [0.15, 0.2) is 6.73 Å². The Labute approximate surface area is 109 Å². The first-order chi connectivity index (χ1) is 8.69. The quantitative estimate of drug-likeness (QED) is 0.919. The number of aromatic nitrogens is 2. The van der Waals surface area contributed by atoms with Crippen LogP contribution in [-0.4, -0.2) is 22.7 Å². The fraction of sp³-hybridized carbons (Fsp3) is 0.167. The normalized spacial score (nSPS) is 10.1. The summed E-state index contributed by atoms with van der Waals surface area (Å²) in [6.07, 6.45) is 1.68. The maximum atomic E-state index is 11.3. The molecule has 1 heterocycles. The van der Waals surface area contributed by atoms with E-state index < -0.39 is 0 Å². The zero-order valence-corrected chi connectivity index (χ0v) is 10.5. The Morgan fingerprint density at radius 3 is 2.78 bits per heavy atom. The van der Waals surface area contributed by atoms with Gasteiger partial charge >= 0.3 is 0 Å². The molecule has 0 aliphatic heterocycles. The molecule has 2 aromatic rings. The first kappa shape index (κ1) is 12.4. The number of carbonyl (C=O) groups excluding carboxylic acids is 1. The average molecular weight is 266 g/mol. The van der Waals surface area contributed by atoms with E-state index >= 15 is 0 Å². The molecule has 1 aromatic heterocycles. The number of halogens is 1. The number of nitrogens with one attached hydrogen (secondary N) is 1. The van der Waals surface area contributed by atoms with Gasteiger partial charge in [-0.15, -0.1) is 0 Å². The Hall–Kier alpha value is -2.01. The van der Waals surface area contributed by atoms with Crippen molar-refractivity contribution in [2.45, 2.75) is 6.73 Å². The monoisotopic (exact) mass is 265 g/mol. The summed E-state index contributed by atoms with van der Waals surface area (Å²) >= 11 is 5.77.